The first kappa shape index (κ1) is 11.5. The smallest absolute Gasteiger partial charge is 0.335 e. The molecule has 2 aromatic carbocycles. The second-order valence-corrected chi connectivity index (χ2v) is 4.33. The molecule has 1 heterocycles. The Morgan fingerprint density at radius 2 is 2.00 bits per heavy atom. The Morgan fingerprint density at radius 1 is 1.21 bits per heavy atom. The van der Waals surface area contributed by atoms with E-state index >= 15 is 0 Å². The fourth-order valence-corrected chi connectivity index (χ4v) is 2.00. The monoisotopic (exact) mass is 253 g/mol. The highest BCUT2D eigenvalue weighted by Crippen LogP contribution is 2.26. The summed E-state index contributed by atoms with van der Waals surface area (Å²) >= 11 is 0. The minimum Gasteiger partial charge on any atom is -0.478 e. The number of rotatable bonds is 2. The summed E-state index contributed by atoms with van der Waals surface area (Å²) in [6.07, 6.45) is 0. The van der Waals surface area contributed by atoms with E-state index in [-0.39, 0.29) is 5.56 Å². The number of aromatic nitrogens is 1. The largest absolute Gasteiger partial charge is 0.478 e. The number of nitrogens with zero attached hydrogens (tertiary/aromatic N) is 1. The SMILES string of the molecule is Cc1cccc2nc(-c3cccc(C(=O)O)c3)oc12. The molecule has 0 saturated heterocycles. The van der Waals surface area contributed by atoms with Crippen molar-refractivity contribution in [3.8, 4) is 11.5 Å². The van der Waals surface area contributed by atoms with E-state index in [1.165, 1.54) is 0 Å². The van der Waals surface area contributed by atoms with Gasteiger partial charge in [0.1, 0.15) is 5.52 Å². The highest BCUT2D eigenvalue weighted by Gasteiger charge is 2.11. The number of hydrogen-bond donors (Lipinski definition) is 1. The van der Waals surface area contributed by atoms with E-state index in [1.807, 2.05) is 25.1 Å². The number of benzene rings is 2. The first-order valence-electron chi connectivity index (χ1n) is 5.85. The minimum absolute atomic E-state index is 0.219. The van der Waals surface area contributed by atoms with Crippen LogP contribution in [0.1, 0.15) is 15.9 Å². The third-order valence-electron chi connectivity index (χ3n) is 2.97. The van der Waals surface area contributed by atoms with Gasteiger partial charge in [-0.1, -0.05) is 18.2 Å². The molecule has 0 aliphatic heterocycles. The maximum Gasteiger partial charge on any atom is 0.335 e. The molecule has 1 aromatic heterocycles. The van der Waals surface area contributed by atoms with Crippen LogP contribution in [0.5, 0.6) is 0 Å². The van der Waals surface area contributed by atoms with Crippen molar-refractivity contribution < 1.29 is 14.3 Å². The molecule has 4 nitrogen and oxygen atoms in total. The van der Waals surface area contributed by atoms with Crippen molar-refractivity contribution in [1.82, 2.24) is 4.98 Å². The lowest BCUT2D eigenvalue weighted by molar-refractivity contribution is 0.0697. The Bertz CT molecular complexity index is 774. The molecule has 0 aliphatic carbocycles. The molecule has 1 N–H and O–H groups in total. The zero-order valence-electron chi connectivity index (χ0n) is 10.3. The molecule has 3 rings (SSSR count). The summed E-state index contributed by atoms with van der Waals surface area (Å²) in [4.78, 5) is 15.3. The van der Waals surface area contributed by atoms with Crippen LogP contribution in [0.2, 0.25) is 0 Å². The number of carboxylic acid groups (broad SMARTS) is 1. The highest BCUT2D eigenvalue weighted by atomic mass is 16.4. The fraction of sp³-hybridized carbons (Fsp3) is 0.0667. The lowest BCUT2D eigenvalue weighted by atomic mass is 10.1. The molecule has 0 fully saturated rings. The Hall–Kier alpha value is -2.62. The van der Waals surface area contributed by atoms with Crippen LogP contribution in [-0.2, 0) is 0 Å². The molecular formula is C15H11NO3. The first-order chi connectivity index (χ1) is 9.15. The molecule has 0 amide bonds. The summed E-state index contributed by atoms with van der Waals surface area (Å²) in [7, 11) is 0. The maximum atomic E-state index is 11.0. The van der Waals surface area contributed by atoms with Gasteiger partial charge in [-0.2, -0.15) is 0 Å². The fourth-order valence-electron chi connectivity index (χ4n) is 2.00. The molecule has 0 unspecified atom stereocenters. The van der Waals surface area contributed by atoms with Crippen LogP contribution in [-0.4, -0.2) is 16.1 Å². The summed E-state index contributed by atoms with van der Waals surface area (Å²) in [6, 6.07) is 12.3. The Kier molecular flexibility index (Phi) is 2.56. The molecule has 0 spiro atoms. The van der Waals surface area contributed by atoms with Crippen LogP contribution in [0.3, 0.4) is 0 Å². The molecule has 0 saturated carbocycles. The predicted molar refractivity (Wildman–Crippen MR) is 71.1 cm³/mol. The lowest BCUT2D eigenvalue weighted by Gasteiger charge is -1.97. The van der Waals surface area contributed by atoms with E-state index in [9.17, 15) is 4.79 Å². The van der Waals surface area contributed by atoms with Gasteiger partial charge in [-0.3, -0.25) is 0 Å². The summed E-state index contributed by atoms with van der Waals surface area (Å²) < 4.78 is 5.72. The zero-order chi connectivity index (χ0) is 13.4. The number of fused-ring (bicyclic) bond motifs is 1. The van der Waals surface area contributed by atoms with Gasteiger partial charge in [0.05, 0.1) is 5.56 Å². The Morgan fingerprint density at radius 3 is 2.74 bits per heavy atom. The second-order valence-electron chi connectivity index (χ2n) is 4.33. The van der Waals surface area contributed by atoms with E-state index in [2.05, 4.69) is 4.98 Å². The average Bonchev–Trinajstić information content (AvgIpc) is 2.84. The van der Waals surface area contributed by atoms with Crippen LogP contribution in [0.25, 0.3) is 22.6 Å². The number of aryl methyl sites for hydroxylation is 1. The molecule has 0 atom stereocenters. The van der Waals surface area contributed by atoms with Gasteiger partial charge in [-0.15, -0.1) is 0 Å². The van der Waals surface area contributed by atoms with Gasteiger partial charge in [-0.05, 0) is 36.8 Å². The van der Waals surface area contributed by atoms with Crippen LogP contribution in [0.4, 0.5) is 0 Å². The number of carboxylic acids is 1. The summed E-state index contributed by atoms with van der Waals surface area (Å²) in [5, 5.41) is 8.99. The van der Waals surface area contributed by atoms with Crippen LogP contribution in [0.15, 0.2) is 46.9 Å². The quantitative estimate of drug-likeness (QED) is 0.759. The molecule has 4 heteroatoms. The van der Waals surface area contributed by atoms with Crippen LogP contribution < -0.4 is 0 Å². The number of carbonyl (C=O) groups is 1. The van der Waals surface area contributed by atoms with Crippen molar-refractivity contribution in [2.45, 2.75) is 6.92 Å². The van der Waals surface area contributed by atoms with Gasteiger partial charge in [0.2, 0.25) is 5.89 Å². The molecule has 94 valence electrons. The van der Waals surface area contributed by atoms with Gasteiger partial charge in [-0.25, -0.2) is 9.78 Å². The second kappa shape index (κ2) is 4.24. The van der Waals surface area contributed by atoms with Crippen molar-refractivity contribution in [3.63, 3.8) is 0 Å². The molecular weight excluding hydrogens is 242 g/mol. The van der Waals surface area contributed by atoms with Crippen molar-refractivity contribution in [2.24, 2.45) is 0 Å². The van der Waals surface area contributed by atoms with E-state index < -0.39 is 5.97 Å². The summed E-state index contributed by atoms with van der Waals surface area (Å²) in [5.41, 5.74) is 3.39. The summed E-state index contributed by atoms with van der Waals surface area (Å²) in [6.45, 7) is 1.95. The third kappa shape index (κ3) is 1.97. The van der Waals surface area contributed by atoms with E-state index in [0.717, 1.165) is 16.7 Å². The van der Waals surface area contributed by atoms with Gasteiger partial charge >= 0.3 is 5.97 Å². The zero-order valence-corrected chi connectivity index (χ0v) is 10.3. The van der Waals surface area contributed by atoms with Gasteiger partial charge in [0.15, 0.2) is 5.58 Å². The van der Waals surface area contributed by atoms with Crippen molar-refractivity contribution in [3.05, 3.63) is 53.6 Å². The third-order valence-corrected chi connectivity index (χ3v) is 2.97. The van der Waals surface area contributed by atoms with Gasteiger partial charge in [0, 0.05) is 5.56 Å². The van der Waals surface area contributed by atoms with E-state index in [0.29, 0.717) is 11.5 Å². The van der Waals surface area contributed by atoms with Crippen molar-refractivity contribution in [2.75, 3.05) is 0 Å². The van der Waals surface area contributed by atoms with Gasteiger partial charge in [0.25, 0.3) is 0 Å². The molecule has 0 aliphatic rings. The predicted octanol–water partition coefficient (Wildman–Crippen LogP) is 3.50. The van der Waals surface area contributed by atoms with E-state index in [4.69, 9.17) is 9.52 Å². The summed E-state index contributed by atoms with van der Waals surface area (Å²) in [5.74, 6) is -0.526. The molecule has 0 bridgehead atoms. The van der Waals surface area contributed by atoms with Crippen molar-refractivity contribution >= 4 is 17.1 Å². The topological polar surface area (TPSA) is 63.3 Å². The maximum absolute atomic E-state index is 11.0. The lowest BCUT2D eigenvalue weighted by Crippen LogP contribution is -1.95. The molecule has 3 aromatic rings. The van der Waals surface area contributed by atoms with Crippen LogP contribution in [0, 0.1) is 6.92 Å². The highest BCUT2D eigenvalue weighted by molar-refractivity contribution is 5.89. The molecule has 19 heavy (non-hydrogen) atoms. The standard InChI is InChI=1S/C15H11NO3/c1-9-4-2-7-12-13(9)19-14(16-12)10-5-3-6-11(8-10)15(17)18/h2-8H,1H3,(H,17,18). The van der Waals surface area contributed by atoms with E-state index in [1.54, 1.807) is 24.3 Å². The normalized spacial score (nSPS) is 10.8. The number of aromatic carboxylic acids is 1. The van der Waals surface area contributed by atoms with Crippen LogP contribution >= 0.6 is 0 Å². The Balaban J connectivity index is 2.16. The number of para-hydroxylation sites is 1. The molecule has 0 radical (unpaired) electrons. The average molecular weight is 253 g/mol. The Labute approximate surface area is 109 Å². The van der Waals surface area contributed by atoms with Gasteiger partial charge < -0.3 is 9.52 Å². The van der Waals surface area contributed by atoms with Crippen molar-refractivity contribution in [1.29, 1.82) is 0 Å². The number of hydrogen-bond acceptors (Lipinski definition) is 3. The first-order valence-corrected chi connectivity index (χ1v) is 5.85. The minimum atomic E-state index is -0.964. The number of oxazole rings is 1.